The fraction of sp³-hybridized carbons (Fsp3) is 0.385. The zero-order valence-electron chi connectivity index (χ0n) is 19.8. The zero-order chi connectivity index (χ0) is 24.6. The van der Waals surface area contributed by atoms with Crippen molar-refractivity contribution < 1.29 is 17.9 Å². The molecule has 0 bridgehead atoms. The number of likely N-dealkylation sites (tertiary alicyclic amines) is 1. The van der Waals surface area contributed by atoms with Gasteiger partial charge in [0.2, 0.25) is 0 Å². The van der Waals surface area contributed by atoms with E-state index in [4.69, 9.17) is 9.72 Å². The molecule has 0 N–H and O–H groups in total. The first-order valence-electron chi connectivity index (χ1n) is 11.8. The molecule has 0 radical (unpaired) electrons. The highest BCUT2D eigenvalue weighted by Crippen LogP contribution is 2.31. The standard InChI is InChI=1S/C26H28F3N5O/c1-32-17-20(15-30-32)34-16-19(4-3-11-33-12-9-26(28,29)10-13-33)21-6-7-23(31-25(21)34)18-5-8-24(35-2)22(27)14-18/h5-8,14-17H,3-4,9-13H2,1-2H3. The van der Waals surface area contributed by atoms with Crippen LogP contribution in [0.1, 0.15) is 24.8 Å². The fourth-order valence-corrected chi connectivity index (χ4v) is 4.68. The summed E-state index contributed by atoms with van der Waals surface area (Å²) >= 11 is 0. The smallest absolute Gasteiger partial charge is 0.250 e. The Balaban J connectivity index is 1.43. The average Bonchev–Trinajstić information content (AvgIpc) is 3.43. The molecule has 9 heteroatoms. The van der Waals surface area contributed by atoms with Crippen LogP contribution in [0.15, 0.2) is 48.9 Å². The predicted molar refractivity (Wildman–Crippen MR) is 129 cm³/mol. The van der Waals surface area contributed by atoms with Crippen LogP contribution >= 0.6 is 0 Å². The molecule has 35 heavy (non-hydrogen) atoms. The molecular formula is C26H28F3N5O. The number of methoxy groups -OCH3 is 1. The number of nitrogens with zero attached hydrogens (tertiary/aromatic N) is 5. The highest BCUT2D eigenvalue weighted by Gasteiger charge is 2.33. The molecule has 0 amide bonds. The summed E-state index contributed by atoms with van der Waals surface area (Å²) in [6, 6.07) is 8.72. The van der Waals surface area contributed by atoms with E-state index in [9.17, 15) is 13.2 Å². The van der Waals surface area contributed by atoms with Crippen molar-refractivity contribution in [1.82, 2.24) is 24.2 Å². The third kappa shape index (κ3) is 4.91. The molecular weight excluding hydrogens is 455 g/mol. The van der Waals surface area contributed by atoms with Crippen molar-refractivity contribution in [1.29, 1.82) is 0 Å². The van der Waals surface area contributed by atoms with Crippen molar-refractivity contribution >= 4 is 11.0 Å². The maximum absolute atomic E-state index is 14.3. The van der Waals surface area contributed by atoms with Gasteiger partial charge < -0.3 is 9.64 Å². The monoisotopic (exact) mass is 483 g/mol. The van der Waals surface area contributed by atoms with Gasteiger partial charge in [0.15, 0.2) is 11.6 Å². The van der Waals surface area contributed by atoms with Crippen molar-refractivity contribution in [2.45, 2.75) is 31.6 Å². The number of rotatable bonds is 7. The summed E-state index contributed by atoms with van der Waals surface area (Å²) in [4.78, 5) is 7.00. The number of alkyl halides is 2. The maximum Gasteiger partial charge on any atom is 0.250 e. The van der Waals surface area contributed by atoms with Crippen molar-refractivity contribution in [2.75, 3.05) is 26.7 Å². The third-order valence-corrected chi connectivity index (χ3v) is 6.66. The molecule has 0 aliphatic carbocycles. The summed E-state index contributed by atoms with van der Waals surface area (Å²) < 4.78 is 50.0. The van der Waals surface area contributed by atoms with Crippen LogP contribution in [0.3, 0.4) is 0 Å². The Bertz CT molecular complexity index is 1340. The van der Waals surface area contributed by atoms with Gasteiger partial charge in [0.25, 0.3) is 5.92 Å². The molecule has 5 rings (SSSR count). The average molecular weight is 484 g/mol. The Morgan fingerprint density at radius 1 is 1.09 bits per heavy atom. The molecule has 0 atom stereocenters. The van der Waals surface area contributed by atoms with Gasteiger partial charge >= 0.3 is 0 Å². The highest BCUT2D eigenvalue weighted by molar-refractivity contribution is 5.84. The molecule has 1 aliphatic rings. The van der Waals surface area contributed by atoms with Crippen LogP contribution in [0.2, 0.25) is 0 Å². The summed E-state index contributed by atoms with van der Waals surface area (Å²) in [6.07, 6.45) is 7.30. The number of benzene rings is 1. The third-order valence-electron chi connectivity index (χ3n) is 6.66. The Hall–Kier alpha value is -3.33. The number of ether oxygens (including phenoxy) is 1. The first kappa shape index (κ1) is 23.4. The van der Waals surface area contributed by atoms with E-state index in [1.807, 2.05) is 29.9 Å². The minimum Gasteiger partial charge on any atom is -0.494 e. The topological polar surface area (TPSA) is 48.1 Å². The van der Waals surface area contributed by atoms with Gasteiger partial charge in [-0.25, -0.2) is 18.2 Å². The van der Waals surface area contributed by atoms with Crippen LogP contribution in [0, 0.1) is 5.82 Å². The molecule has 3 aromatic heterocycles. The minimum absolute atomic E-state index is 0.0635. The van der Waals surface area contributed by atoms with Crippen LogP contribution in [0.5, 0.6) is 5.75 Å². The Morgan fingerprint density at radius 2 is 1.89 bits per heavy atom. The quantitative estimate of drug-likeness (QED) is 0.361. The molecule has 1 aromatic carbocycles. The normalized spacial score (nSPS) is 16.1. The summed E-state index contributed by atoms with van der Waals surface area (Å²) in [5, 5.41) is 5.30. The Morgan fingerprint density at radius 3 is 2.57 bits per heavy atom. The van der Waals surface area contributed by atoms with Gasteiger partial charge in [0.05, 0.1) is 24.7 Å². The minimum atomic E-state index is -2.52. The number of aryl methyl sites for hydroxylation is 2. The van der Waals surface area contributed by atoms with Gasteiger partial charge in [-0.2, -0.15) is 5.10 Å². The van der Waals surface area contributed by atoms with Crippen molar-refractivity contribution in [3.63, 3.8) is 0 Å². The van der Waals surface area contributed by atoms with Gasteiger partial charge in [-0.15, -0.1) is 0 Å². The van der Waals surface area contributed by atoms with E-state index in [0.717, 1.165) is 41.7 Å². The van der Waals surface area contributed by atoms with Crippen LogP contribution in [-0.2, 0) is 13.5 Å². The van der Waals surface area contributed by atoms with E-state index >= 15 is 0 Å². The first-order valence-corrected chi connectivity index (χ1v) is 11.8. The first-order chi connectivity index (χ1) is 16.8. The summed E-state index contributed by atoms with van der Waals surface area (Å²) in [7, 11) is 3.29. The molecule has 6 nitrogen and oxygen atoms in total. The fourth-order valence-electron chi connectivity index (χ4n) is 4.68. The molecule has 1 saturated heterocycles. The lowest BCUT2D eigenvalue weighted by molar-refractivity contribution is -0.0551. The number of hydrogen-bond acceptors (Lipinski definition) is 4. The van der Waals surface area contributed by atoms with Crippen molar-refractivity contribution in [3.05, 3.63) is 60.3 Å². The lowest BCUT2D eigenvalue weighted by Gasteiger charge is -2.31. The zero-order valence-corrected chi connectivity index (χ0v) is 19.8. The number of fused-ring (bicyclic) bond motifs is 1. The SMILES string of the molecule is COc1ccc(-c2ccc3c(CCCN4CCC(F)(F)CC4)cn(-c4cnn(C)c4)c3n2)cc1F. The number of halogens is 3. The number of pyridine rings is 1. The lowest BCUT2D eigenvalue weighted by atomic mass is 10.1. The van der Waals surface area contributed by atoms with Gasteiger partial charge in [-0.05, 0) is 55.3 Å². The Kier molecular flexibility index (Phi) is 6.27. The number of hydrogen-bond donors (Lipinski definition) is 0. The van der Waals surface area contributed by atoms with Crippen LogP contribution in [0.4, 0.5) is 13.2 Å². The van der Waals surface area contributed by atoms with E-state index in [0.29, 0.717) is 24.3 Å². The Labute approximate surface area is 201 Å². The molecule has 1 aliphatic heterocycles. The summed E-state index contributed by atoms with van der Waals surface area (Å²) in [6.45, 7) is 1.66. The predicted octanol–water partition coefficient (Wildman–Crippen LogP) is 5.24. The summed E-state index contributed by atoms with van der Waals surface area (Å²) in [5.74, 6) is -2.77. The van der Waals surface area contributed by atoms with E-state index < -0.39 is 11.7 Å². The summed E-state index contributed by atoms with van der Waals surface area (Å²) in [5.41, 5.74) is 4.09. The van der Waals surface area contributed by atoms with E-state index in [2.05, 4.69) is 16.2 Å². The largest absolute Gasteiger partial charge is 0.494 e. The van der Waals surface area contributed by atoms with Crippen LogP contribution in [0.25, 0.3) is 28.0 Å². The molecule has 4 heterocycles. The molecule has 0 spiro atoms. The van der Waals surface area contributed by atoms with Gasteiger partial charge in [-0.1, -0.05) is 0 Å². The second-order valence-corrected chi connectivity index (χ2v) is 9.11. The second-order valence-electron chi connectivity index (χ2n) is 9.11. The highest BCUT2D eigenvalue weighted by atomic mass is 19.3. The van der Waals surface area contributed by atoms with Gasteiger partial charge in [0, 0.05) is 56.3 Å². The molecule has 4 aromatic rings. The van der Waals surface area contributed by atoms with E-state index in [1.54, 1.807) is 23.0 Å². The molecule has 0 unspecified atom stereocenters. The second kappa shape index (κ2) is 9.37. The number of aromatic nitrogens is 4. The van der Waals surface area contributed by atoms with Crippen molar-refractivity contribution in [2.24, 2.45) is 7.05 Å². The van der Waals surface area contributed by atoms with Crippen molar-refractivity contribution in [3.8, 4) is 22.7 Å². The van der Waals surface area contributed by atoms with E-state index in [-0.39, 0.29) is 18.6 Å². The van der Waals surface area contributed by atoms with Crippen LogP contribution < -0.4 is 4.74 Å². The lowest BCUT2D eigenvalue weighted by Crippen LogP contribution is -2.39. The van der Waals surface area contributed by atoms with Crippen LogP contribution in [-0.4, -0.2) is 56.9 Å². The molecule has 1 fully saturated rings. The van der Waals surface area contributed by atoms with Gasteiger partial charge in [-0.3, -0.25) is 9.25 Å². The molecule has 0 saturated carbocycles. The molecule has 184 valence electrons. The maximum atomic E-state index is 14.3. The van der Waals surface area contributed by atoms with Gasteiger partial charge in [0.1, 0.15) is 5.65 Å². The number of piperidine rings is 1. The van der Waals surface area contributed by atoms with E-state index in [1.165, 1.54) is 13.2 Å².